The summed E-state index contributed by atoms with van der Waals surface area (Å²) in [6.45, 7) is 4.94. The van der Waals surface area contributed by atoms with Crippen molar-refractivity contribution in [3.8, 4) is 0 Å². The third kappa shape index (κ3) is 75.1. The van der Waals surface area contributed by atoms with Gasteiger partial charge in [0.1, 0.15) is 0 Å². The first-order valence-corrected chi connectivity index (χ1v) is 41.3. The van der Waals surface area contributed by atoms with E-state index in [-0.39, 0.29) is 18.5 Å². The van der Waals surface area contributed by atoms with Crippen molar-refractivity contribution in [2.24, 2.45) is 0 Å². The van der Waals surface area contributed by atoms with E-state index in [0.717, 1.165) is 44.9 Å². The fourth-order valence-electron chi connectivity index (χ4n) is 13.1. The van der Waals surface area contributed by atoms with E-state index in [9.17, 15) is 19.8 Å². The number of hydrogen-bond acceptors (Lipinski definition) is 5. The standard InChI is InChI=1S/C84H161NO5/c1-3-5-7-9-11-13-15-17-18-19-20-40-43-46-49-53-56-60-64-68-72-76-82(87)81(80-86)85-83(88)77-73-69-65-61-57-54-50-47-44-41-38-36-34-32-30-28-26-24-22-21-23-25-27-29-31-33-35-37-39-42-45-48-51-55-59-63-67-71-75-79-90-84(89)78-74-70-66-62-58-52-16-14-12-10-8-6-4-2/h14,16,21-22,72,76,81-82,86-87H,3-13,15,17-20,23-71,73-75,77-80H2,1-2H3,(H,85,88)/b16-14-,22-21-,76-72+. The molecule has 0 aliphatic heterocycles. The van der Waals surface area contributed by atoms with Gasteiger partial charge < -0.3 is 20.3 Å². The Labute approximate surface area is 564 Å². The van der Waals surface area contributed by atoms with Gasteiger partial charge in [-0.3, -0.25) is 9.59 Å². The predicted molar refractivity (Wildman–Crippen MR) is 398 cm³/mol. The number of unbranched alkanes of at least 4 members (excludes halogenated alkanes) is 63. The molecule has 1 amide bonds. The molecule has 0 rings (SSSR count). The van der Waals surface area contributed by atoms with Crippen molar-refractivity contribution in [1.29, 1.82) is 0 Å². The summed E-state index contributed by atoms with van der Waals surface area (Å²) in [5.74, 6) is -0.0453. The number of hydrogen-bond donors (Lipinski definition) is 3. The fraction of sp³-hybridized carbons (Fsp3) is 0.905. The van der Waals surface area contributed by atoms with Gasteiger partial charge in [0.2, 0.25) is 5.91 Å². The maximum atomic E-state index is 12.5. The molecule has 0 aromatic rings. The third-order valence-electron chi connectivity index (χ3n) is 19.4. The number of carbonyl (C=O) groups excluding carboxylic acids is 2. The van der Waals surface area contributed by atoms with Gasteiger partial charge >= 0.3 is 5.97 Å². The number of amides is 1. The van der Waals surface area contributed by atoms with E-state index < -0.39 is 12.1 Å². The van der Waals surface area contributed by atoms with E-state index in [2.05, 4.69) is 43.5 Å². The molecule has 2 unspecified atom stereocenters. The van der Waals surface area contributed by atoms with Crippen molar-refractivity contribution in [2.75, 3.05) is 13.2 Å². The summed E-state index contributed by atoms with van der Waals surface area (Å²) in [5.41, 5.74) is 0. The Morgan fingerprint density at radius 3 is 0.800 bits per heavy atom. The molecule has 0 saturated heterocycles. The molecule has 0 aliphatic carbocycles. The first-order chi connectivity index (χ1) is 44.5. The number of esters is 1. The summed E-state index contributed by atoms with van der Waals surface area (Å²) in [6, 6.07) is -0.626. The maximum absolute atomic E-state index is 12.5. The molecule has 0 bridgehead atoms. The van der Waals surface area contributed by atoms with Crippen LogP contribution in [-0.4, -0.2) is 47.4 Å². The van der Waals surface area contributed by atoms with E-state index in [1.807, 2.05) is 6.08 Å². The second-order valence-electron chi connectivity index (χ2n) is 28.4. The highest BCUT2D eigenvalue weighted by molar-refractivity contribution is 5.76. The van der Waals surface area contributed by atoms with Gasteiger partial charge in [0, 0.05) is 12.8 Å². The zero-order valence-electron chi connectivity index (χ0n) is 61.1. The second kappa shape index (κ2) is 79.5. The van der Waals surface area contributed by atoms with Crippen molar-refractivity contribution in [1.82, 2.24) is 5.32 Å². The summed E-state index contributed by atoms with van der Waals surface area (Å²) < 4.78 is 5.49. The number of aliphatic hydroxyl groups is 2. The van der Waals surface area contributed by atoms with Crippen LogP contribution in [-0.2, 0) is 14.3 Å². The van der Waals surface area contributed by atoms with Gasteiger partial charge in [-0.25, -0.2) is 0 Å². The predicted octanol–water partition coefficient (Wildman–Crippen LogP) is 27.4. The number of allylic oxidation sites excluding steroid dienone is 5. The average Bonchev–Trinajstić information content (AvgIpc) is 3.70. The van der Waals surface area contributed by atoms with E-state index in [1.165, 1.54) is 392 Å². The number of nitrogens with one attached hydrogen (secondary N) is 1. The Morgan fingerprint density at radius 2 is 0.522 bits per heavy atom. The Kier molecular flexibility index (Phi) is 77.8. The topological polar surface area (TPSA) is 95.9 Å². The van der Waals surface area contributed by atoms with E-state index in [4.69, 9.17) is 4.74 Å². The van der Waals surface area contributed by atoms with Gasteiger partial charge in [0.15, 0.2) is 0 Å². The summed E-state index contributed by atoms with van der Waals surface area (Å²) in [5, 5.41) is 23.3. The lowest BCUT2D eigenvalue weighted by Crippen LogP contribution is -2.45. The van der Waals surface area contributed by atoms with Crippen LogP contribution in [0, 0.1) is 0 Å². The van der Waals surface area contributed by atoms with Crippen LogP contribution in [0.1, 0.15) is 463 Å². The van der Waals surface area contributed by atoms with E-state index >= 15 is 0 Å². The molecule has 2 atom stereocenters. The molecule has 0 aromatic carbocycles. The Hall–Kier alpha value is -1.92. The molecule has 0 aromatic heterocycles. The second-order valence-corrected chi connectivity index (χ2v) is 28.4. The minimum Gasteiger partial charge on any atom is -0.466 e. The molecule has 0 fully saturated rings. The van der Waals surface area contributed by atoms with Crippen molar-refractivity contribution in [3.05, 3.63) is 36.5 Å². The zero-order chi connectivity index (χ0) is 64.9. The van der Waals surface area contributed by atoms with Gasteiger partial charge in [0.25, 0.3) is 0 Å². The lowest BCUT2D eigenvalue weighted by atomic mass is 10.0. The lowest BCUT2D eigenvalue weighted by Gasteiger charge is -2.20. The van der Waals surface area contributed by atoms with Crippen molar-refractivity contribution >= 4 is 11.9 Å². The largest absolute Gasteiger partial charge is 0.466 e. The third-order valence-corrected chi connectivity index (χ3v) is 19.4. The summed E-state index contributed by atoms with van der Waals surface area (Å²) >= 11 is 0. The molecular formula is C84H161NO5. The highest BCUT2D eigenvalue weighted by Gasteiger charge is 2.18. The van der Waals surface area contributed by atoms with E-state index in [1.54, 1.807) is 6.08 Å². The minimum atomic E-state index is -0.843. The lowest BCUT2D eigenvalue weighted by molar-refractivity contribution is -0.143. The average molecular weight is 1270 g/mol. The minimum absolute atomic E-state index is 0.0136. The molecule has 6 nitrogen and oxygen atoms in total. The molecule has 90 heavy (non-hydrogen) atoms. The van der Waals surface area contributed by atoms with Crippen LogP contribution in [0.5, 0.6) is 0 Å². The van der Waals surface area contributed by atoms with Crippen LogP contribution in [0.4, 0.5) is 0 Å². The number of aliphatic hydroxyl groups excluding tert-OH is 2. The first kappa shape index (κ1) is 88.1. The number of carbonyl (C=O) groups is 2. The highest BCUT2D eigenvalue weighted by atomic mass is 16.5. The molecule has 0 spiro atoms. The zero-order valence-corrected chi connectivity index (χ0v) is 61.1. The van der Waals surface area contributed by atoms with Gasteiger partial charge in [-0.15, -0.1) is 0 Å². The smallest absolute Gasteiger partial charge is 0.305 e. The summed E-state index contributed by atoms with van der Waals surface area (Å²) in [7, 11) is 0. The molecule has 0 aliphatic rings. The van der Waals surface area contributed by atoms with Gasteiger partial charge in [-0.2, -0.15) is 0 Å². The van der Waals surface area contributed by atoms with Crippen LogP contribution < -0.4 is 5.32 Å². The molecule has 6 heteroatoms. The van der Waals surface area contributed by atoms with Crippen LogP contribution >= 0.6 is 0 Å². The molecular weight excluding hydrogens is 1100 g/mol. The Balaban J connectivity index is 3.35. The fourth-order valence-corrected chi connectivity index (χ4v) is 13.1. The van der Waals surface area contributed by atoms with Crippen molar-refractivity contribution in [2.45, 2.75) is 475 Å². The van der Waals surface area contributed by atoms with Gasteiger partial charge in [0.05, 0.1) is 25.4 Å². The molecule has 532 valence electrons. The SMILES string of the molecule is CCCCCC/C=C\CCCCCCCC(=O)OCCCCCCCCCCCCCCCCCCCC/C=C\CCCCCCCCCCCCCCCCCCCC(=O)NC(CO)C(O)/C=C/CCCCCCCCCCCCCCCCCCCCC. The Bertz CT molecular complexity index is 1460. The van der Waals surface area contributed by atoms with Gasteiger partial charge in [-0.1, -0.05) is 403 Å². The molecule has 0 radical (unpaired) electrons. The highest BCUT2D eigenvalue weighted by Crippen LogP contribution is 2.20. The van der Waals surface area contributed by atoms with Crippen molar-refractivity contribution < 1.29 is 24.5 Å². The molecule has 0 saturated carbocycles. The maximum Gasteiger partial charge on any atom is 0.305 e. The van der Waals surface area contributed by atoms with Crippen LogP contribution in [0.15, 0.2) is 36.5 Å². The number of ether oxygens (including phenoxy) is 1. The van der Waals surface area contributed by atoms with Gasteiger partial charge in [-0.05, 0) is 83.5 Å². The normalized spacial score (nSPS) is 12.6. The molecule has 3 N–H and O–H groups in total. The Morgan fingerprint density at radius 1 is 0.300 bits per heavy atom. The van der Waals surface area contributed by atoms with Crippen LogP contribution in [0.25, 0.3) is 0 Å². The van der Waals surface area contributed by atoms with Crippen LogP contribution in [0.2, 0.25) is 0 Å². The van der Waals surface area contributed by atoms with Crippen LogP contribution in [0.3, 0.4) is 0 Å². The first-order valence-electron chi connectivity index (χ1n) is 41.3. The summed E-state index contributed by atoms with van der Waals surface area (Å²) in [4.78, 5) is 24.6. The summed E-state index contributed by atoms with van der Waals surface area (Å²) in [6.07, 6.45) is 104. The van der Waals surface area contributed by atoms with E-state index in [0.29, 0.717) is 19.4 Å². The molecule has 0 heterocycles. The number of rotatable bonds is 78. The van der Waals surface area contributed by atoms with Crippen molar-refractivity contribution in [3.63, 3.8) is 0 Å². The monoisotopic (exact) mass is 1260 g/mol. The quantitative estimate of drug-likeness (QED) is 0.0320.